The summed E-state index contributed by atoms with van der Waals surface area (Å²) in [4.78, 5) is 33.9. The normalized spacial score (nSPS) is 17.7. The summed E-state index contributed by atoms with van der Waals surface area (Å²) in [7, 11) is 0. The van der Waals surface area contributed by atoms with Crippen LogP contribution in [-0.4, -0.2) is 61.0 Å². The Bertz CT molecular complexity index is 939. The van der Waals surface area contributed by atoms with Gasteiger partial charge >= 0.3 is 0 Å². The number of hydrogen-bond acceptors (Lipinski definition) is 5. The van der Waals surface area contributed by atoms with Gasteiger partial charge in [0.1, 0.15) is 5.69 Å². The van der Waals surface area contributed by atoms with Crippen LogP contribution in [0.15, 0.2) is 30.5 Å². The largest absolute Gasteiger partial charge is 0.397 e. The van der Waals surface area contributed by atoms with E-state index in [0.717, 1.165) is 75.1 Å². The Kier molecular flexibility index (Phi) is 6.06. The lowest BCUT2D eigenvalue weighted by atomic mass is 9.98. The highest BCUT2D eigenvalue weighted by molar-refractivity contribution is 6.05. The SMILES string of the molecule is CC(=O)N1CCN(c2ccc(NC(=O)c3cc(N)c[nH]3)c(N3CCC(C)CC3)c2)CC1. The lowest BCUT2D eigenvalue weighted by molar-refractivity contribution is -0.129. The number of nitrogens with two attached hydrogens (primary N) is 1. The molecule has 4 rings (SSSR count). The van der Waals surface area contributed by atoms with E-state index >= 15 is 0 Å². The number of aromatic nitrogens is 1. The average Bonchev–Trinajstić information content (AvgIpc) is 3.21. The lowest BCUT2D eigenvalue weighted by Gasteiger charge is -2.37. The number of nitrogens with one attached hydrogen (secondary N) is 2. The number of hydrogen-bond donors (Lipinski definition) is 3. The van der Waals surface area contributed by atoms with E-state index in [9.17, 15) is 9.59 Å². The van der Waals surface area contributed by atoms with Gasteiger partial charge in [0.25, 0.3) is 5.91 Å². The number of piperazine rings is 1. The lowest BCUT2D eigenvalue weighted by Crippen LogP contribution is -2.48. The number of nitrogen functional groups attached to an aromatic ring is 1. The van der Waals surface area contributed by atoms with Crippen molar-refractivity contribution in [2.24, 2.45) is 5.92 Å². The Morgan fingerprint density at radius 1 is 1.03 bits per heavy atom. The summed E-state index contributed by atoms with van der Waals surface area (Å²) in [6, 6.07) is 7.86. The molecule has 0 radical (unpaired) electrons. The van der Waals surface area contributed by atoms with Gasteiger partial charge in [-0.3, -0.25) is 9.59 Å². The Labute approximate surface area is 183 Å². The van der Waals surface area contributed by atoms with Crippen molar-refractivity contribution in [3.63, 3.8) is 0 Å². The van der Waals surface area contributed by atoms with Crippen molar-refractivity contribution in [2.75, 3.05) is 60.1 Å². The van der Waals surface area contributed by atoms with Crippen LogP contribution in [0.3, 0.4) is 0 Å². The second-order valence-corrected chi connectivity index (χ2v) is 8.66. The number of carbonyl (C=O) groups is 2. The van der Waals surface area contributed by atoms with Crippen LogP contribution in [0.4, 0.5) is 22.7 Å². The maximum atomic E-state index is 12.7. The van der Waals surface area contributed by atoms with Crippen LogP contribution in [0.25, 0.3) is 0 Å². The number of rotatable bonds is 4. The van der Waals surface area contributed by atoms with E-state index in [-0.39, 0.29) is 11.8 Å². The van der Waals surface area contributed by atoms with E-state index in [4.69, 9.17) is 5.73 Å². The van der Waals surface area contributed by atoms with Crippen molar-refractivity contribution >= 4 is 34.6 Å². The molecule has 1 aromatic heterocycles. The van der Waals surface area contributed by atoms with E-state index in [2.05, 4.69) is 39.2 Å². The number of anilines is 4. The molecule has 0 atom stereocenters. The quantitative estimate of drug-likeness (QED) is 0.701. The third-order valence-electron chi connectivity index (χ3n) is 6.39. The molecular weight excluding hydrogens is 392 g/mol. The molecule has 2 aliphatic heterocycles. The van der Waals surface area contributed by atoms with Crippen molar-refractivity contribution < 1.29 is 9.59 Å². The van der Waals surface area contributed by atoms with Gasteiger partial charge in [-0.1, -0.05) is 6.92 Å². The molecule has 2 saturated heterocycles. The maximum absolute atomic E-state index is 12.7. The molecule has 0 aliphatic carbocycles. The van der Waals surface area contributed by atoms with Crippen LogP contribution in [-0.2, 0) is 4.79 Å². The third kappa shape index (κ3) is 4.78. The minimum Gasteiger partial charge on any atom is -0.397 e. The molecule has 2 aliphatic rings. The topological polar surface area (TPSA) is 97.7 Å². The summed E-state index contributed by atoms with van der Waals surface area (Å²) >= 11 is 0. The molecule has 1 aromatic carbocycles. The smallest absolute Gasteiger partial charge is 0.272 e. The van der Waals surface area contributed by atoms with Gasteiger partial charge < -0.3 is 30.7 Å². The number of H-pyrrole nitrogens is 1. The monoisotopic (exact) mass is 424 g/mol. The molecule has 31 heavy (non-hydrogen) atoms. The predicted octanol–water partition coefficient (Wildman–Crippen LogP) is 2.75. The van der Waals surface area contributed by atoms with Crippen LogP contribution >= 0.6 is 0 Å². The Hall–Kier alpha value is -3.16. The van der Waals surface area contributed by atoms with Gasteiger partial charge in [0.15, 0.2) is 0 Å². The zero-order valence-electron chi connectivity index (χ0n) is 18.4. The molecule has 0 saturated carbocycles. The van der Waals surface area contributed by atoms with E-state index < -0.39 is 0 Å². The summed E-state index contributed by atoms with van der Waals surface area (Å²) in [6.45, 7) is 8.95. The highest BCUT2D eigenvalue weighted by Gasteiger charge is 2.23. The van der Waals surface area contributed by atoms with E-state index in [0.29, 0.717) is 11.4 Å². The fourth-order valence-electron chi connectivity index (χ4n) is 4.34. The van der Waals surface area contributed by atoms with E-state index in [1.807, 2.05) is 11.0 Å². The fourth-order valence-corrected chi connectivity index (χ4v) is 4.34. The molecule has 3 heterocycles. The van der Waals surface area contributed by atoms with Crippen molar-refractivity contribution in [2.45, 2.75) is 26.7 Å². The van der Waals surface area contributed by atoms with Gasteiger partial charge in [0, 0.05) is 63.8 Å². The van der Waals surface area contributed by atoms with E-state index in [1.54, 1.807) is 19.2 Å². The predicted molar refractivity (Wildman–Crippen MR) is 125 cm³/mol. The second kappa shape index (κ2) is 8.91. The van der Waals surface area contributed by atoms with Crippen LogP contribution in [0, 0.1) is 5.92 Å². The first-order chi connectivity index (χ1) is 14.9. The van der Waals surface area contributed by atoms with Crippen LogP contribution < -0.4 is 20.9 Å². The standard InChI is InChI=1S/C23H32N6O2/c1-16-5-7-29(8-6-16)22-14-19(28-11-9-27(10-12-28)17(2)30)3-4-20(22)26-23(31)21-13-18(24)15-25-21/h3-4,13-16,25H,5-12,24H2,1-2H3,(H,26,31). The molecule has 0 spiro atoms. The molecule has 8 heteroatoms. The summed E-state index contributed by atoms with van der Waals surface area (Å²) in [5, 5.41) is 3.06. The van der Waals surface area contributed by atoms with Gasteiger partial charge in [-0.05, 0) is 43.0 Å². The molecular formula is C23H32N6O2. The fraction of sp³-hybridized carbons (Fsp3) is 0.478. The van der Waals surface area contributed by atoms with Crippen LogP contribution in [0.1, 0.15) is 37.2 Å². The maximum Gasteiger partial charge on any atom is 0.272 e. The summed E-state index contributed by atoms with van der Waals surface area (Å²) < 4.78 is 0. The van der Waals surface area contributed by atoms with Crippen LogP contribution in [0.5, 0.6) is 0 Å². The zero-order chi connectivity index (χ0) is 22.0. The number of amides is 2. The van der Waals surface area contributed by atoms with Gasteiger partial charge in [-0.15, -0.1) is 0 Å². The second-order valence-electron chi connectivity index (χ2n) is 8.66. The van der Waals surface area contributed by atoms with Crippen molar-refractivity contribution in [1.29, 1.82) is 0 Å². The summed E-state index contributed by atoms with van der Waals surface area (Å²) in [5.41, 5.74) is 9.71. The number of benzene rings is 1. The molecule has 8 nitrogen and oxygen atoms in total. The Morgan fingerprint density at radius 3 is 2.35 bits per heavy atom. The van der Waals surface area contributed by atoms with Crippen LogP contribution in [0.2, 0.25) is 0 Å². The molecule has 4 N–H and O–H groups in total. The van der Waals surface area contributed by atoms with Crippen molar-refractivity contribution in [1.82, 2.24) is 9.88 Å². The molecule has 0 unspecified atom stereocenters. The first-order valence-corrected chi connectivity index (χ1v) is 11.1. The number of aromatic amines is 1. The van der Waals surface area contributed by atoms with Crippen molar-refractivity contribution in [3.8, 4) is 0 Å². The summed E-state index contributed by atoms with van der Waals surface area (Å²) in [6.07, 6.45) is 3.90. The first kappa shape index (κ1) is 21.1. The molecule has 2 fully saturated rings. The molecule has 2 aromatic rings. The average molecular weight is 425 g/mol. The number of carbonyl (C=O) groups excluding carboxylic acids is 2. The molecule has 2 amide bonds. The van der Waals surface area contributed by atoms with Gasteiger partial charge in [-0.25, -0.2) is 0 Å². The highest BCUT2D eigenvalue weighted by atomic mass is 16.2. The minimum absolute atomic E-state index is 0.130. The van der Waals surface area contributed by atoms with Crippen molar-refractivity contribution in [3.05, 3.63) is 36.2 Å². The van der Waals surface area contributed by atoms with Gasteiger partial charge in [-0.2, -0.15) is 0 Å². The Morgan fingerprint density at radius 2 is 1.74 bits per heavy atom. The highest BCUT2D eigenvalue weighted by Crippen LogP contribution is 2.34. The summed E-state index contributed by atoms with van der Waals surface area (Å²) in [5.74, 6) is 0.649. The minimum atomic E-state index is -0.203. The number of nitrogens with zero attached hydrogens (tertiary/aromatic N) is 3. The Balaban J connectivity index is 1.57. The number of piperidine rings is 1. The zero-order valence-corrected chi connectivity index (χ0v) is 18.4. The molecule has 0 bridgehead atoms. The van der Waals surface area contributed by atoms with Gasteiger partial charge in [0.05, 0.1) is 11.4 Å². The van der Waals surface area contributed by atoms with Gasteiger partial charge in [0.2, 0.25) is 5.91 Å². The molecule has 166 valence electrons. The van der Waals surface area contributed by atoms with E-state index in [1.165, 1.54) is 0 Å². The first-order valence-electron chi connectivity index (χ1n) is 11.1. The third-order valence-corrected chi connectivity index (χ3v) is 6.39.